The van der Waals surface area contributed by atoms with Gasteiger partial charge < -0.3 is 20.4 Å². The lowest BCUT2D eigenvalue weighted by atomic mass is 10.2. The van der Waals surface area contributed by atoms with E-state index < -0.39 is 30.4 Å². The van der Waals surface area contributed by atoms with E-state index in [2.05, 4.69) is 10.3 Å². The Hall–Kier alpha value is -2.64. The Morgan fingerprint density at radius 2 is 1.90 bits per heavy atom. The highest BCUT2D eigenvalue weighted by Crippen LogP contribution is 2.00. The van der Waals surface area contributed by atoms with Crippen LogP contribution in [0.3, 0.4) is 0 Å². The molecule has 1 aromatic heterocycles. The molecule has 2 amide bonds. The largest absolute Gasteiger partial charge is 0.481 e. The fourth-order valence-electron chi connectivity index (χ4n) is 1.58. The van der Waals surface area contributed by atoms with Crippen molar-refractivity contribution in [3.05, 3.63) is 30.1 Å². The van der Waals surface area contributed by atoms with E-state index in [1.165, 1.54) is 11.9 Å². The normalized spacial score (nSPS) is 11.5. The summed E-state index contributed by atoms with van der Waals surface area (Å²) in [5, 5.41) is 19.6. The zero-order valence-corrected chi connectivity index (χ0v) is 11.5. The average molecular weight is 295 g/mol. The van der Waals surface area contributed by atoms with Crippen molar-refractivity contribution in [2.75, 3.05) is 13.6 Å². The Balaban J connectivity index is 2.49. The molecule has 0 unspecified atom stereocenters. The second kappa shape index (κ2) is 7.83. The Labute approximate surface area is 121 Å². The number of carbonyl (C=O) groups is 3. The van der Waals surface area contributed by atoms with Crippen molar-refractivity contribution in [1.29, 1.82) is 0 Å². The van der Waals surface area contributed by atoms with Gasteiger partial charge in [0.05, 0.1) is 6.42 Å². The van der Waals surface area contributed by atoms with Gasteiger partial charge >= 0.3 is 18.0 Å². The molecule has 8 heteroatoms. The summed E-state index contributed by atoms with van der Waals surface area (Å²) in [5.41, 5.74) is 0.991. The number of carboxylic acid groups (broad SMARTS) is 2. The van der Waals surface area contributed by atoms with Crippen LogP contribution in [0.5, 0.6) is 0 Å². The summed E-state index contributed by atoms with van der Waals surface area (Å²) >= 11 is 0. The van der Waals surface area contributed by atoms with Gasteiger partial charge in [-0.25, -0.2) is 9.59 Å². The summed E-state index contributed by atoms with van der Waals surface area (Å²) < 4.78 is 0. The van der Waals surface area contributed by atoms with Gasteiger partial charge in [0.25, 0.3) is 0 Å². The average Bonchev–Trinajstić information content (AvgIpc) is 2.44. The third kappa shape index (κ3) is 5.89. The quantitative estimate of drug-likeness (QED) is 0.660. The lowest BCUT2D eigenvalue weighted by molar-refractivity contribution is -0.145. The first kappa shape index (κ1) is 16.4. The molecule has 1 rings (SSSR count). The maximum absolute atomic E-state index is 11.8. The molecular formula is C13H17N3O5. The minimum Gasteiger partial charge on any atom is -0.481 e. The molecule has 0 aliphatic carbocycles. The molecule has 1 heterocycles. The number of likely N-dealkylation sites (N-methyl/N-ethyl adjacent to an activating group) is 1. The molecule has 114 valence electrons. The highest BCUT2D eigenvalue weighted by atomic mass is 16.4. The Bertz CT molecular complexity index is 506. The number of urea groups is 1. The number of aliphatic carboxylic acids is 2. The molecule has 3 N–H and O–H groups in total. The maximum Gasteiger partial charge on any atom is 0.326 e. The molecule has 0 fully saturated rings. The van der Waals surface area contributed by atoms with E-state index in [-0.39, 0.29) is 0 Å². The van der Waals surface area contributed by atoms with Crippen molar-refractivity contribution in [2.45, 2.75) is 18.9 Å². The van der Waals surface area contributed by atoms with Gasteiger partial charge in [0, 0.05) is 26.0 Å². The number of carboxylic acids is 2. The summed E-state index contributed by atoms with van der Waals surface area (Å²) in [6, 6.07) is 1.56. The zero-order valence-electron chi connectivity index (χ0n) is 11.5. The molecule has 1 atom stereocenters. The number of carbonyl (C=O) groups excluding carboxylic acids is 1. The van der Waals surface area contributed by atoms with Gasteiger partial charge in [0.2, 0.25) is 0 Å². The number of pyridine rings is 1. The Kier molecular flexibility index (Phi) is 6.12. The Morgan fingerprint density at radius 3 is 2.43 bits per heavy atom. The summed E-state index contributed by atoms with van der Waals surface area (Å²) in [5.74, 6) is -2.67. The third-order valence-electron chi connectivity index (χ3n) is 2.81. The van der Waals surface area contributed by atoms with Crippen LogP contribution in [0.2, 0.25) is 0 Å². The van der Waals surface area contributed by atoms with Crippen LogP contribution >= 0.6 is 0 Å². The van der Waals surface area contributed by atoms with Crippen molar-refractivity contribution in [1.82, 2.24) is 15.2 Å². The van der Waals surface area contributed by atoms with E-state index in [1.807, 2.05) is 12.1 Å². The van der Waals surface area contributed by atoms with Crippen LogP contribution < -0.4 is 5.32 Å². The van der Waals surface area contributed by atoms with E-state index in [4.69, 9.17) is 10.2 Å². The molecule has 1 aromatic rings. The number of nitrogens with one attached hydrogen (secondary N) is 1. The molecule has 0 radical (unpaired) electrons. The third-order valence-corrected chi connectivity index (χ3v) is 2.81. The van der Waals surface area contributed by atoms with E-state index in [0.717, 1.165) is 5.56 Å². The van der Waals surface area contributed by atoms with Crippen molar-refractivity contribution in [3.8, 4) is 0 Å². The number of nitrogens with zero attached hydrogens (tertiary/aromatic N) is 2. The molecule has 0 saturated carbocycles. The predicted molar refractivity (Wildman–Crippen MR) is 72.8 cm³/mol. The monoisotopic (exact) mass is 295 g/mol. The maximum atomic E-state index is 11.8. The number of hydrogen-bond acceptors (Lipinski definition) is 4. The van der Waals surface area contributed by atoms with Gasteiger partial charge in [0.15, 0.2) is 0 Å². The first-order valence-corrected chi connectivity index (χ1v) is 6.25. The molecular weight excluding hydrogens is 278 g/mol. The second-order valence-electron chi connectivity index (χ2n) is 4.47. The van der Waals surface area contributed by atoms with Gasteiger partial charge in [-0.05, 0) is 24.1 Å². The lowest BCUT2D eigenvalue weighted by Gasteiger charge is -2.20. The fourth-order valence-corrected chi connectivity index (χ4v) is 1.58. The SMILES string of the molecule is CN(CCc1ccncc1)C(=O)N[C@H](CC(=O)O)C(=O)O. The van der Waals surface area contributed by atoms with E-state index in [9.17, 15) is 14.4 Å². The smallest absolute Gasteiger partial charge is 0.326 e. The minimum atomic E-state index is -1.45. The number of amides is 2. The van der Waals surface area contributed by atoms with Crippen LogP contribution in [-0.4, -0.2) is 57.7 Å². The summed E-state index contributed by atoms with van der Waals surface area (Å²) in [4.78, 5) is 38.4. The van der Waals surface area contributed by atoms with Gasteiger partial charge in [-0.15, -0.1) is 0 Å². The molecule has 0 bridgehead atoms. The van der Waals surface area contributed by atoms with Gasteiger partial charge in [-0.2, -0.15) is 0 Å². The van der Waals surface area contributed by atoms with Crippen molar-refractivity contribution in [2.24, 2.45) is 0 Å². The van der Waals surface area contributed by atoms with Crippen LogP contribution in [0.4, 0.5) is 4.79 Å². The number of aromatic nitrogens is 1. The topological polar surface area (TPSA) is 120 Å². The lowest BCUT2D eigenvalue weighted by Crippen LogP contribution is -2.48. The molecule has 8 nitrogen and oxygen atoms in total. The van der Waals surface area contributed by atoms with Crippen LogP contribution in [0.25, 0.3) is 0 Å². The number of rotatable bonds is 7. The van der Waals surface area contributed by atoms with Crippen LogP contribution in [0, 0.1) is 0 Å². The highest BCUT2D eigenvalue weighted by Gasteiger charge is 2.24. The van der Waals surface area contributed by atoms with Gasteiger partial charge in [0.1, 0.15) is 6.04 Å². The zero-order chi connectivity index (χ0) is 15.8. The molecule has 0 aliphatic rings. The molecule has 0 saturated heterocycles. The van der Waals surface area contributed by atoms with Gasteiger partial charge in [-0.3, -0.25) is 9.78 Å². The molecule has 0 aromatic carbocycles. The summed E-state index contributed by atoms with van der Waals surface area (Å²) in [7, 11) is 1.51. The second-order valence-corrected chi connectivity index (χ2v) is 4.47. The fraction of sp³-hybridized carbons (Fsp3) is 0.385. The predicted octanol–water partition coefficient (Wildman–Crippen LogP) is 0.193. The van der Waals surface area contributed by atoms with Crippen LogP contribution in [0.1, 0.15) is 12.0 Å². The summed E-state index contributed by atoms with van der Waals surface area (Å²) in [6.45, 7) is 0.370. The first-order chi connectivity index (χ1) is 9.90. The van der Waals surface area contributed by atoms with Crippen LogP contribution in [0.15, 0.2) is 24.5 Å². The molecule has 21 heavy (non-hydrogen) atoms. The van der Waals surface area contributed by atoms with E-state index >= 15 is 0 Å². The van der Waals surface area contributed by atoms with E-state index in [0.29, 0.717) is 13.0 Å². The van der Waals surface area contributed by atoms with E-state index in [1.54, 1.807) is 12.4 Å². The number of hydrogen-bond donors (Lipinski definition) is 3. The highest BCUT2D eigenvalue weighted by molar-refractivity contribution is 5.86. The molecule has 0 aliphatic heterocycles. The van der Waals surface area contributed by atoms with Crippen molar-refractivity contribution < 1.29 is 24.6 Å². The van der Waals surface area contributed by atoms with Gasteiger partial charge in [-0.1, -0.05) is 0 Å². The van der Waals surface area contributed by atoms with Crippen molar-refractivity contribution >= 4 is 18.0 Å². The standard InChI is InChI=1S/C13H17N3O5/c1-16(7-4-9-2-5-14-6-3-9)13(21)15-10(12(19)20)8-11(17)18/h2-3,5-6,10H,4,7-8H2,1H3,(H,15,21)(H,17,18)(H,19,20)/t10-/m1/s1. The Morgan fingerprint density at radius 1 is 1.29 bits per heavy atom. The van der Waals surface area contributed by atoms with Crippen LogP contribution in [-0.2, 0) is 16.0 Å². The first-order valence-electron chi connectivity index (χ1n) is 6.25. The summed E-state index contributed by atoms with van der Waals surface area (Å²) in [6.07, 6.45) is 3.20. The molecule has 0 spiro atoms. The minimum absolute atomic E-state index is 0.370. The van der Waals surface area contributed by atoms with Crippen molar-refractivity contribution in [3.63, 3.8) is 0 Å².